The topological polar surface area (TPSA) is 126 Å². The van der Waals surface area contributed by atoms with Gasteiger partial charge in [-0.05, 0) is 44.5 Å². The van der Waals surface area contributed by atoms with Gasteiger partial charge in [-0.1, -0.05) is 0 Å². The minimum Gasteiger partial charge on any atom is -0.448 e. The number of nitrogens with one attached hydrogen (secondary N) is 1. The lowest BCUT2D eigenvalue weighted by atomic mass is 9.92. The van der Waals surface area contributed by atoms with Crippen molar-refractivity contribution in [2.24, 2.45) is 17.1 Å². The lowest BCUT2D eigenvalue weighted by Crippen LogP contribution is -2.45. The quantitative estimate of drug-likeness (QED) is 0.649. The molecule has 2 amide bonds. The summed E-state index contributed by atoms with van der Waals surface area (Å²) in [5.41, 5.74) is 5.38. The van der Waals surface area contributed by atoms with E-state index in [1.54, 1.807) is 13.8 Å². The molecule has 10 heteroatoms. The number of rotatable bonds is 6. The van der Waals surface area contributed by atoms with Gasteiger partial charge >= 0.3 is 6.09 Å². The van der Waals surface area contributed by atoms with Crippen LogP contribution in [0.15, 0.2) is 30.5 Å². The lowest BCUT2D eigenvalue weighted by Gasteiger charge is -2.36. The van der Waals surface area contributed by atoms with Gasteiger partial charge in [0.1, 0.15) is 18.0 Å². The van der Waals surface area contributed by atoms with E-state index < -0.39 is 29.3 Å². The summed E-state index contributed by atoms with van der Waals surface area (Å²) in [6.45, 7) is 3.91. The fourth-order valence-corrected chi connectivity index (χ4v) is 3.43. The number of hydrogen-bond acceptors (Lipinski definition) is 6. The van der Waals surface area contributed by atoms with Crippen LogP contribution in [-0.4, -0.2) is 46.4 Å². The molecule has 0 radical (unpaired) electrons. The van der Waals surface area contributed by atoms with Crippen LogP contribution in [-0.2, 0) is 4.74 Å². The van der Waals surface area contributed by atoms with E-state index in [0.29, 0.717) is 18.7 Å². The number of nitrogens with zero attached hydrogens (tertiary/aromatic N) is 4. The standard InChI is InChI=1S/C23H25FN6O3/c1-4-15-9-10-29(22(32)33-14-23(2,3)13-25)12-19(15)30-11-18(20(26)31)21(28-30)27-17-7-5-16(24)6-8-17/h1,5-8,11,15,19H,9-10,12,14H2,2-3H3,(H2,26,31)(H,27,28)/t15-,19-/m1/s1. The zero-order chi connectivity index (χ0) is 24.2. The van der Waals surface area contributed by atoms with Crippen LogP contribution in [0.1, 0.15) is 36.7 Å². The third kappa shape index (κ3) is 5.60. The largest absolute Gasteiger partial charge is 0.448 e. The molecule has 9 nitrogen and oxygen atoms in total. The molecule has 0 bridgehead atoms. The number of likely N-dealkylation sites (tertiary alicyclic amines) is 1. The number of aromatic nitrogens is 2. The maximum atomic E-state index is 13.2. The van der Waals surface area contributed by atoms with Crippen LogP contribution in [0.5, 0.6) is 0 Å². The van der Waals surface area contributed by atoms with Crippen LogP contribution < -0.4 is 11.1 Å². The molecule has 0 aliphatic carbocycles. The molecule has 2 heterocycles. The Morgan fingerprint density at radius 2 is 2.09 bits per heavy atom. The molecule has 33 heavy (non-hydrogen) atoms. The number of anilines is 2. The van der Waals surface area contributed by atoms with E-state index in [1.807, 2.05) is 0 Å². The first-order valence-electron chi connectivity index (χ1n) is 10.3. The van der Waals surface area contributed by atoms with Crippen molar-refractivity contribution in [2.45, 2.75) is 26.3 Å². The number of carbonyl (C=O) groups excluding carboxylic acids is 2. The number of piperidine rings is 1. The fourth-order valence-electron chi connectivity index (χ4n) is 3.43. The zero-order valence-electron chi connectivity index (χ0n) is 18.4. The molecule has 1 aliphatic rings. The number of nitriles is 1. The lowest BCUT2D eigenvalue weighted by molar-refractivity contribution is 0.0606. The van der Waals surface area contributed by atoms with Gasteiger partial charge < -0.3 is 20.7 Å². The van der Waals surface area contributed by atoms with Crippen molar-refractivity contribution in [3.05, 3.63) is 41.8 Å². The molecule has 0 saturated carbocycles. The fraction of sp³-hybridized carbons (Fsp3) is 0.391. The summed E-state index contributed by atoms with van der Waals surface area (Å²) in [6.07, 6.45) is 7.16. The summed E-state index contributed by atoms with van der Waals surface area (Å²) in [4.78, 5) is 26.1. The Balaban J connectivity index is 1.82. The molecule has 3 N–H and O–H groups in total. The number of nitrogens with two attached hydrogens (primary N) is 1. The molecule has 1 saturated heterocycles. The van der Waals surface area contributed by atoms with Gasteiger partial charge in [0, 0.05) is 30.9 Å². The highest BCUT2D eigenvalue weighted by Gasteiger charge is 2.34. The molecule has 1 aromatic carbocycles. The van der Waals surface area contributed by atoms with Crippen molar-refractivity contribution in [2.75, 3.05) is 25.0 Å². The van der Waals surface area contributed by atoms with Crippen LogP contribution in [0.4, 0.5) is 20.7 Å². The Morgan fingerprint density at radius 3 is 2.70 bits per heavy atom. The molecule has 0 unspecified atom stereocenters. The first kappa shape index (κ1) is 23.6. The van der Waals surface area contributed by atoms with Crippen LogP contribution in [0.2, 0.25) is 0 Å². The summed E-state index contributed by atoms with van der Waals surface area (Å²) in [7, 11) is 0. The molecule has 1 aromatic heterocycles. The van der Waals surface area contributed by atoms with E-state index in [2.05, 4.69) is 22.4 Å². The smallest absolute Gasteiger partial charge is 0.409 e. The molecule has 172 valence electrons. The van der Waals surface area contributed by atoms with E-state index in [1.165, 1.54) is 40.0 Å². The van der Waals surface area contributed by atoms with Gasteiger partial charge in [0.05, 0.1) is 17.5 Å². The summed E-state index contributed by atoms with van der Waals surface area (Å²) < 4.78 is 20.0. The van der Waals surface area contributed by atoms with Crippen LogP contribution in [0.25, 0.3) is 0 Å². The predicted octanol–water partition coefficient (Wildman–Crippen LogP) is 3.05. The summed E-state index contributed by atoms with van der Waals surface area (Å²) >= 11 is 0. The average Bonchev–Trinajstić information content (AvgIpc) is 3.22. The minimum absolute atomic E-state index is 0.0403. The second kappa shape index (κ2) is 9.61. The van der Waals surface area contributed by atoms with E-state index in [4.69, 9.17) is 22.2 Å². The normalized spacial score (nSPS) is 18.2. The second-order valence-electron chi connectivity index (χ2n) is 8.49. The van der Waals surface area contributed by atoms with Crippen molar-refractivity contribution in [1.29, 1.82) is 5.26 Å². The summed E-state index contributed by atoms with van der Waals surface area (Å²) in [6, 6.07) is 7.21. The van der Waals surface area contributed by atoms with Crippen molar-refractivity contribution >= 4 is 23.5 Å². The van der Waals surface area contributed by atoms with Crippen LogP contribution >= 0.6 is 0 Å². The zero-order valence-corrected chi connectivity index (χ0v) is 18.4. The molecule has 2 aromatic rings. The second-order valence-corrected chi connectivity index (χ2v) is 8.49. The number of benzene rings is 1. The maximum Gasteiger partial charge on any atom is 0.409 e. The predicted molar refractivity (Wildman–Crippen MR) is 119 cm³/mol. The SMILES string of the molecule is C#C[C@@H]1CCN(C(=O)OCC(C)(C)C#N)C[C@H]1n1cc(C(N)=O)c(Nc2ccc(F)cc2)n1. The monoisotopic (exact) mass is 452 g/mol. The summed E-state index contributed by atoms with van der Waals surface area (Å²) in [5.74, 6) is 1.58. The number of halogens is 1. The van der Waals surface area contributed by atoms with Gasteiger partial charge in [0.2, 0.25) is 0 Å². The number of amides is 2. The molecule has 3 rings (SSSR count). The number of primary amides is 1. The van der Waals surface area contributed by atoms with Gasteiger partial charge in [-0.2, -0.15) is 10.4 Å². The van der Waals surface area contributed by atoms with Crippen molar-refractivity contribution in [3.8, 4) is 18.4 Å². The highest BCUT2D eigenvalue weighted by molar-refractivity contribution is 5.98. The molecule has 2 atom stereocenters. The molecule has 1 fully saturated rings. The van der Waals surface area contributed by atoms with Crippen LogP contribution in [0.3, 0.4) is 0 Å². The minimum atomic E-state index is -0.800. The molecular weight excluding hydrogens is 427 g/mol. The van der Waals surface area contributed by atoms with Crippen LogP contribution in [0, 0.1) is 40.8 Å². The third-order valence-electron chi connectivity index (χ3n) is 5.36. The third-order valence-corrected chi connectivity index (χ3v) is 5.36. The number of terminal acetylenes is 1. The number of carbonyl (C=O) groups is 2. The van der Waals surface area contributed by atoms with Crippen molar-refractivity contribution in [1.82, 2.24) is 14.7 Å². The average molecular weight is 452 g/mol. The number of ether oxygens (including phenoxy) is 1. The van der Waals surface area contributed by atoms with E-state index in [0.717, 1.165) is 0 Å². The van der Waals surface area contributed by atoms with Gasteiger partial charge in [-0.25, -0.2) is 9.18 Å². The Kier molecular flexibility index (Phi) is 6.88. The molecular formula is C23H25FN6O3. The number of hydrogen-bond donors (Lipinski definition) is 2. The molecule has 0 spiro atoms. The summed E-state index contributed by atoms with van der Waals surface area (Å²) in [5, 5.41) is 16.5. The Morgan fingerprint density at radius 1 is 1.39 bits per heavy atom. The van der Waals surface area contributed by atoms with E-state index >= 15 is 0 Å². The first-order valence-corrected chi connectivity index (χ1v) is 10.3. The van der Waals surface area contributed by atoms with Gasteiger partial charge in [-0.15, -0.1) is 12.3 Å². The van der Waals surface area contributed by atoms with Gasteiger partial charge in [0.15, 0.2) is 5.82 Å². The van der Waals surface area contributed by atoms with Gasteiger partial charge in [-0.3, -0.25) is 9.48 Å². The van der Waals surface area contributed by atoms with E-state index in [-0.39, 0.29) is 30.5 Å². The molecule has 1 aliphatic heterocycles. The van der Waals surface area contributed by atoms with Gasteiger partial charge in [0.25, 0.3) is 5.91 Å². The van der Waals surface area contributed by atoms with E-state index in [9.17, 15) is 14.0 Å². The van der Waals surface area contributed by atoms with Crippen molar-refractivity contribution in [3.63, 3.8) is 0 Å². The maximum absolute atomic E-state index is 13.2. The highest BCUT2D eigenvalue weighted by atomic mass is 19.1. The Bertz CT molecular complexity index is 1110. The Hall–Kier alpha value is -4.05. The Labute approximate surface area is 191 Å². The highest BCUT2D eigenvalue weighted by Crippen LogP contribution is 2.30. The van der Waals surface area contributed by atoms with Crippen molar-refractivity contribution < 1.29 is 18.7 Å². The first-order chi connectivity index (χ1) is 15.6.